The fourth-order valence-electron chi connectivity index (χ4n) is 7.40. The number of aliphatic hydroxyl groups is 1. The second-order valence-corrected chi connectivity index (χ2v) is 17.6. The van der Waals surface area contributed by atoms with Crippen molar-refractivity contribution in [2.45, 2.75) is 85.3 Å². The van der Waals surface area contributed by atoms with Crippen LogP contribution in [0, 0.1) is 10.8 Å². The number of rotatable bonds is 17. The zero-order chi connectivity index (χ0) is 45.2. The molecule has 16 heteroatoms. The molecule has 5 amide bonds. The molecular formula is C46H58N8O8. The lowest BCUT2D eigenvalue weighted by Gasteiger charge is -2.38. The van der Waals surface area contributed by atoms with Crippen LogP contribution < -0.4 is 16.1 Å². The molecule has 4 atom stereocenters. The van der Waals surface area contributed by atoms with Gasteiger partial charge in [-0.2, -0.15) is 0 Å². The zero-order valence-electron chi connectivity index (χ0n) is 36.4. The Labute approximate surface area is 362 Å². The van der Waals surface area contributed by atoms with E-state index in [4.69, 9.17) is 4.74 Å². The van der Waals surface area contributed by atoms with Gasteiger partial charge in [-0.05, 0) is 52.6 Å². The van der Waals surface area contributed by atoms with E-state index in [1.807, 2.05) is 93.6 Å². The number of hydrogen-bond acceptors (Lipinski definition) is 10. The molecule has 0 radical (unpaired) electrons. The Morgan fingerprint density at radius 3 is 2.13 bits per heavy atom. The van der Waals surface area contributed by atoms with E-state index in [1.54, 1.807) is 44.1 Å². The third-order valence-corrected chi connectivity index (χ3v) is 10.5. The van der Waals surface area contributed by atoms with Gasteiger partial charge >= 0.3 is 18.1 Å². The number of benzene rings is 2. The number of ether oxygens (including phenoxy) is 1. The second-order valence-electron chi connectivity index (χ2n) is 17.6. The Kier molecular flexibility index (Phi) is 15.4. The first-order valence-electron chi connectivity index (χ1n) is 20.5. The van der Waals surface area contributed by atoms with Gasteiger partial charge in [-0.1, -0.05) is 108 Å². The van der Waals surface area contributed by atoms with Gasteiger partial charge in [0.25, 0.3) is 5.91 Å². The number of aromatic carboxylic acids is 1. The summed E-state index contributed by atoms with van der Waals surface area (Å²) < 4.78 is 4.82. The van der Waals surface area contributed by atoms with Gasteiger partial charge in [0.1, 0.15) is 17.8 Å². The Balaban J connectivity index is 1.41. The van der Waals surface area contributed by atoms with Gasteiger partial charge in [-0.3, -0.25) is 20.0 Å². The first-order chi connectivity index (χ1) is 29.3. The largest absolute Gasteiger partial charge is 0.477 e. The fourth-order valence-corrected chi connectivity index (χ4v) is 7.40. The maximum atomic E-state index is 14.6. The smallest absolute Gasteiger partial charge is 0.407 e. The zero-order valence-corrected chi connectivity index (χ0v) is 36.4. The quantitative estimate of drug-likeness (QED) is 0.0905. The third-order valence-electron chi connectivity index (χ3n) is 10.5. The Bertz CT molecular complexity index is 2160. The molecule has 0 bridgehead atoms. The van der Waals surface area contributed by atoms with Crippen molar-refractivity contribution in [3.05, 3.63) is 120 Å². The van der Waals surface area contributed by atoms with Crippen LogP contribution in [0.15, 0.2) is 97.2 Å². The van der Waals surface area contributed by atoms with Crippen molar-refractivity contribution in [1.29, 1.82) is 0 Å². The molecule has 1 fully saturated rings. The van der Waals surface area contributed by atoms with Gasteiger partial charge in [-0.25, -0.2) is 24.4 Å². The average Bonchev–Trinajstić information content (AvgIpc) is 3.57. The molecule has 1 saturated heterocycles. The highest BCUT2D eigenvalue weighted by Crippen LogP contribution is 2.29. The highest BCUT2D eigenvalue weighted by Gasteiger charge is 2.44. The Hall–Kier alpha value is -6.39. The molecule has 0 spiro atoms. The van der Waals surface area contributed by atoms with Gasteiger partial charge in [0.15, 0.2) is 0 Å². The summed E-state index contributed by atoms with van der Waals surface area (Å²) in [7, 11) is 1.21. The van der Waals surface area contributed by atoms with Crippen LogP contribution in [0.4, 0.5) is 9.59 Å². The number of aliphatic hydroxyl groups excluding tert-OH is 1. The molecule has 3 heterocycles. The normalized spacial score (nSPS) is 15.1. The monoisotopic (exact) mass is 850 g/mol. The number of amides is 5. The summed E-state index contributed by atoms with van der Waals surface area (Å²) in [5, 5.41) is 28.9. The van der Waals surface area contributed by atoms with Gasteiger partial charge < -0.3 is 35.4 Å². The van der Waals surface area contributed by atoms with Crippen LogP contribution in [0.2, 0.25) is 0 Å². The van der Waals surface area contributed by atoms with E-state index in [2.05, 4.69) is 26.0 Å². The molecule has 5 N–H and O–H groups in total. The maximum absolute atomic E-state index is 14.6. The van der Waals surface area contributed by atoms with Crippen LogP contribution in [0.5, 0.6) is 0 Å². The number of carboxylic acids is 1. The number of aromatic nitrogens is 2. The number of carbonyl (C=O) groups excluding carboxylic acids is 4. The summed E-state index contributed by atoms with van der Waals surface area (Å²) in [6.45, 7) is 11.5. The molecule has 5 rings (SSSR count). The Morgan fingerprint density at radius 2 is 1.52 bits per heavy atom. The first kappa shape index (κ1) is 46.7. The summed E-state index contributed by atoms with van der Waals surface area (Å²) >= 11 is 0. The number of pyridine rings is 2. The van der Waals surface area contributed by atoms with Crippen molar-refractivity contribution in [3.8, 4) is 11.3 Å². The maximum Gasteiger partial charge on any atom is 0.407 e. The number of alkyl carbamates (subject to hydrolysis) is 1. The van der Waals surface area contributed by atoms with Crippen molar-refractivity contribution >= 4 is 29.9 Å². The topological polar surface area (TPSA) is 207 Å². The first-order valence-corrected chi connectivity index (χ1v) is 20.5. The number of hydrogen-bond donors (Lipinski definition) is 5. The molecule has 62 heavy (non-hydrogen) atoms. The fraction of sp³-hybridized carbons (Fsp3) is 0.413. The van der Waals surface area contributed by atoms with E-state index < -0.39 is 65.0 Å². The van der Waals surface area contributed by atoms with Gasteiger partial charge in [0.2, 0.25) is 5.91 Å². The van der Waals surface area contributed by atoms with Crippen LogP contribution in [0.1, 0.15) is 68.9 Å². The minimum absolute atomic E-state index is 0.0585. The highest BCUT2D eigenvalue weighted by molar-refractivity contribution is 5.89. The number of nitrogens with zero attached hydrogens (tertiary/aromatic N) is 5. The molecule has 2 aromatic heterocycles. The van der Waals surface area contributed by atoms with Crippen LogP contribution in [0.3, 0.4) is 0 Å². The van der Waals surface area contributed by atoms with Gasteiger partial charge in [-0.15, -0.1) is 0 Å². The number of methoxy groups -OCH3 is 1. The van der Waals surface area contributed by atoms with Crippen LogP contribution in [-0.4, -0.2) is 116 Å². The molecule has 16 nitrogen and oxygen atoms in total. The van der Waals surface area contributed by atoms with Crippen molar-refractivity contribution in [1.82, 2.24) is 40.8 Å². The standard InChI is InChI=1S/C46H58N8O8/c1-45(2,3)38(50-43(60)62-7)40(56)51-53(27-31-19-21-32(22-20-31)34-17-11-12-23-47-34)29-37(55)36(26-30-14-9-8-10-15-30)49-41(57)39(46(4,5)6)54-25-24-52(44(54)61)28-33-16-13-18-35(48-33)42(58)59/h8-23,36-39,55H,24-29H2,1-7H3,(H,49,57)(H,50,60)(H,51,56)(H,58,59)/t36-,37-,38+,39+/m0/s1. The van der Waals surface area contributed by atoms with E-state index in [-0.39, 0.29) is 44.8 Å². The van der Waals surface area contributed by atoms with E-state index >= 15 is 0 Å². The molecule has 4 aromatic rings. The van der Waals surface area contributed by atoms with E-state index in [9.17, 15) is 34.2 Å². The molecule has 0 saturated carbocycles. The number of hydrazine groups is 1. The molecule has 0 unspecified atom stereocenters. The molecule has 1 aliphatic heterocycles. The summed E-state index contributed by atoms with van der Waals surface area (Å²) in [5.74, 6) is -2.20. The summed E-state index contributed by atoms with van der Waals surface area (Å²) in [6.07, 6.45) is -0.122. The van der Waals surface area contributed by atoms with Gasteiger partial charge in [0.05, 0.1) is 37.2 Å². The van der Waals surface area contributed by atoms with E-state index in [1.165, 1.54) is 23.0 Å². The van der Waals surface area contributed by atoms with E-state index in [0.29, 0.717) is 5.69 Å². The molecule has 1 aliphatic rings. The van der Waals surface area contributed by atoms with E-state index in [0.717, 1.165) is 22.4 Å². The lowest BCUT2D eigenvalue weighted by atomic mass is 9.84. The van der Waals surface area contributed by atoms with Crippen molar-refractivity contribution in [2.75, 3.05) is 26.7 Å². The number of carboxylic acid groups (broad SMARTS) is 1. The third kappa shape index (κ3) is 12.6. The van der Waals surface area contributed by atoms with Crippen molar-refractivity contribution in [2.24, 2.45) is 10.8 Å². The number of carbonyl (C=O) groups is 5. The number of urea groups is 1. The summed E-state index contributed by atoms with van der Waals surface area (Å²) in [4.78, 5) is 78.1. The molecular weight excluding hydrogens is 793 g/mol. The minimum atomic E-state index is -1.27. The second kappa shape index (κ2) is 20.4. The summed E-state index contributed by atoms with van der Waals surface area (Å²) in [6, 6.07) is 23.9. The lowest BCUT2D eigenvalue weighted by molar-refractivity contribution is -0.133. The lowest BCUT2D eigenvalue weighted by Crippen LogP contribution is -2.61. The van der Waals surface area contributed by atoms with Crippen LogP contribution in [-0.2, 0) is 33.8 Å². The van der Waals surface area contributed by atoms with Crippen LogP contribution in [0.25, 0.3) is 11.3 Å². The SMILES string of the molecule is COC(=O)N[C@H](C(=O)NN(Cc1ccc(-c2ccccn2)cc1)C[C@H](O)[C@H](Cc1ccccc1)NC(=O)[C@@H](N1CCN(Cc2cccc(C(=O)O)n2)C1=O)C(C)(C)C)C(C)(C)C. The Morgan fingerprint density at radius 1 is 0.823 bits per heavy atom. The minimum Gasteiger partial charge on any atom is -0.477 e. The molecule has 0 aliphatic carbocycles. The van der Waals surface area contributed by atoms with Crippen molar-refractivity contribution in [3.63, 3.8) is 0 Å². The van der Waals surface area contributed by atoms with Gasteiger partial charge in [0, 0.05) is 37.9 Å². The predicted molar refractivity (Wildman–Crippen MR) is 232 cm³/mol. The number of nitrogens with one attached hydrogen (secondary N) is 3. The summed E-state index contributed by atoms with van der Waals surface area (Å²) in [5.41, 5.74) is 5.01. The van der Waals surface area contributed by atoms with Crippen LogP contribution >= 0.6 is 0 Å². The molecule has 2 aromatic carbocycles. The predicted octanol–water partition coefficient (Wildman–Crippen LogP) is 4.89. The highest BCUT2D eigenvalue weighted by atomic mass is 16.5. The molecule has 330 valence electrons. The average molecular weight is 851 g/mol. The van der Waals surface area contributed by atoms with Crippen molar-refractivity contribution < 1.29 is 38.9 Å².